The van der Waals surface area contributed by atoms with E-state index in [0.29, 0.717) is 13.1 Å². The molecule has 1 unspecified atom stereocenters. The standard InChI is InChI=1S/C14H20N2O2/c1-10-12-5-3-4-6-13(12)16(2)14(10)8-15-7-11(18)9-17/h3-6,11,15,17-18H,7-9H2,1-2H3. The van der Waals surface area contributed by atoms with Gasteiger partial charge in [0, 0.05) is 36.7 Å². The lowest BCUT2D eigenvalue weighted by molar-refractivity contribution is 0.0941. The first kappa shape index (κ1) is 13.1. The summed E-state index contributed by atoms with van der Waals surface area (Å²) in [6.07, 6.45) is -0.694. The summed E-state index contributed by atoms with van der Waals surface area (Å²) in [4.78, 5) is 0. The van der Waals surface area contributed by atoms with E-state index in [1.165, 1.54) is 22.2 Å². The minimum absolute atomic E-state index is 0.207. The van der Waals surface area contributed by atoms with E-state index < -0.39 is 6.10 Å². The van der Waals surface area contributed by atoms with E-state index in [0.717, 1.165) is 0 Å². The first-order chi connectivity index (χ1) is 8.65. The molecule has 0 fully saturated rings. The van der Waals surface area contributed by atoms with Crippen LogP contribution in [-0.4, -0.2) is 34.0 Å². The summed E-state index contributed by atoms with van der Waals surface area (Å²) in [6, 6.07) is 8.31. The normalized spacial score (nSPS) is 13.1. The molecule has 0 aliphatic carbocycles. The zero-order chi connectivity index (χ0) is 13.1. The lowest BCUT2D eigenvalue weighted by atomic mass is 10.1. The first-order valence-electron chi connectivity index (χ1n) is 6.17. The lowest BCUT2D eigenvalue weighted by Gasteiger charge is -2.10. The molecule has 1 aromatic carbocycles. The summed E-state index contributed by atoms with van der Waals surface area (Å²) in [5, 5.41) is 22.5. The van der Waals surface area contributed by atoms with Gasteiger partial charge in [-0.2, -0.15) is 0 Å². The number of para-hydroxylation sites is 1. The summed E-state index contributed by atoms with van der Waals surface area (Å²) in [5.41, 5.74) is 3.69. The Balaban J connectivity index is 2.18. The summed E-state index contributed by atoms with van der Waals surface area (Å²) in [5.74, 6) is 0. The fraction of sp³-hybridized carbons (Fsp3) is 0.429. The number of nitrogens with one attached hydrogen (secondary N) is 1. The largest absolute Gasteiger partial charge is 0.394 e. The van der Waals surface area contributed by atoms with Gasteiger partial charge in [-0.05, 0) is 18.6 Å². The number of hydrogen-bond donors (Lipinski definition) is 3. The van der Waals surface area contributed by atoms with E-state index in [4.69, 9.17) is 5.11 Å². The highest BCUT2D eigenvalue weighted by Crippen LogP contribution is 2.24. The van der Waals surface area contributed by atoms with E-state index in [1.54, 1.807) is 0 Å². The molecule has 2 rings (SSSR count). The van der Waals surface area contributed by atoms with Crippen LogP contribution >= 0.6 is 0 Å². The Bertz CT molecular complexity index is 495. The third-order valence-electron chi connectivity index (χ3n) is 3.39. The minimum Gasteiger partial charge on any atom is -0.394 e. The Morgan fingerprint density at radius 2 is 2.06 bits per heavy atom. The highest BCUT2D eigenvalue weighted by atomic mass is 16.3. The van der Waals surface area contributed by atoms with Gasteiger partial charge in [-0.25, -0.2) is 0 Å². The molecule has 2 aromatic rings. The molecule has 18 heavy (non-hydrogen) atoms. The van der Waals surface area contributed by atoms with Gasteiger partial charge in [-0.1, -0.05) is 18.2 Å². The second-order valence-electron chi connectivity index (χ2n) is 4.62. The monoisotopic (exact) mass is 248 g/mol. The number of rotatable bonds is 5. The molecule has 1 atom stereocenters. The van der Waals surface area contributed by atoms with Gasteiger partial charge in [0.05, 0.1) is 12.7 Å². The van der Waals surface area contributed by atoms with Crippen molar-refractivity contribution in [3.8, 4) is 0 Å². The van der Waals surface area contributed by atoms with E-state index in [9.17, 15) is 5.11 Å². The van der Waals surface area contributed by atoms with E-state index >= 15 is 0 Å². The Labute approximate surface area is 107 Å². The predicted molar refractivity (Wildman–Crippen MR) is 72.5 cm³/mol. The zero-order valence-electron chi connectivity index (χ0n) is 10.8. The Morgan fingerprint density at radius 1 is 1.33 bits per heavy atom. The predicted octanol–water partition coefficient (Wildman–Crippen LogP) is 0.930. The van der Waals surface area contributed by atoms with Crippen LogP contribution in [-0.2, 0) is 13.6 Å². The molecular weight excluding hydrogens is 228 g/mol. The molecule has 1 aromatic heterocycles. The van der Waals surface area contributed by atoms with Gasteiger partial charge in [-0.15, -0.1) is 0 Å². The van der Waals surface area contributed by atoms with Gasteiger partial charge in [-0.3, -0.25) is 0 Å². The molecule has 0 aliphatic heterocycles. The number of hydrogen-bond acceptors (Lipinski definition) is 3. The lowest BCUT2D eigenvalue weighted by Crippen LogP contribution is -2.29. The fourth-order valence-electron chi connectivity index (χ4n) is 2.31. The van der Waals surface area contributed by atoms with Crippen molar-refractivity contribution in [2.75, 3.05) is 13.2 Å². The average Bonchev–Trinajstić information content (AvgIpc) is 2.64. The van der Waals surface area contributed by atoms with Crippen molar-refractivity contribution in [3.05, 3.63) is 35.5 Å². The Morgan fingerprint density at radius 3 is 2.72 bits per heavy atom. The van der Waals surface area contributed by atoms with Crippen LogP contribution in [0.15, 0.2) is 24.3 Å². The average molecular weight is 248 g/mol. The second-order valence-corrected chi connectivity index (χ2v) is 4.62. The van der Waals surface area contributed by atoms with Crippen molar-refractivity contribution in [2.24, 2.45) is 7.05 Å². The van der Waals surface area contributed by atoms with Crippen LogP contribution in [0.3, 0.4) is 0 Å². The zero-order valence-corrected chi connectivity index (χ0v) is 10.8. The van der Waals surface area contributed by atoms with Crippen molar-refractivity contribution >= 4 is 10.9 Å². The number of aryl methyl sites for hydroxylation is 2. The van der Waals surface area contributed by atoms with Crippen LogP contribution in [0.25, 0.3) is 10.9 Å². The Hall–Kier alpha value is -1.36. The molecule has 0 bridgehead atoms. The van der Waals surface area contributed by atoms with E-state index in [1.807, 2.05) is 12.1 Å². The highest BCUT2D eigenvalue weighted by molar-refractivity contribution is 5.85. The SMILES string of the molecule is Cc1c(CNCC(O)CO)n(C)c2ccccc12. The van der Waals surface area contributed by atoms with E-state index in [2.05, 4.69) is 36.0 Å². The van der Waals surface area contributed by atoms with Crippen LogP contribution in [0.2, 0.25) is 0 Å². The number of fused-ring (bicyclic) bond motifs is 1. The van der Waals surface area contributed by atoms with Crippen LogP contribution in [0.4, 0.5) is 0 Å². The second kappa shape index (κ2) is 5.52. The molecule has 0 amide bonds. The van der Waals surface area contributed by atoms with Crippen molar-refractivity contribution in [3.63, 3.8) is 0 Å². The van der Waals surface area contributed by atoms with Gasteiger partial charge in [0.1, 0.15) is 0 Å². The number of benzene rings is 1. The maximum Gasteiger partial charge on any atom is 0.0895 e. The molecule has 4 heteroatoms. The third kappa shape index (κ3) is 2.41. The molecule has 0 saturated carbocycles. The summed E-state index contributed by atoms with van der Waals surface area (Å²) in [6.45, 7) is 2.99. The number of aliphatic hydroxyl groups is 2. The highest BCUT2D eigenvalue weighted by Gasteiger charge is 2.11. The van der Waals surface area contributed by atoms with Crippen molar-refractivity contribution in [1.29, 1.82) is 0 Å². The van der Waals surface area contributed by atoms with Crippen molar-refractivity contribution < 1.29 is 10.2 Å². The number of aromatic nitrogens is 1. The van der Waals surface area contributed by atoms with Crippen LogP contribution < -0.4 is 5.32 Å². The number of nitrogens with zero attached hydrogens (tertiary/aromatic N) is 1. The topological polar surface area (TPSA) is 57.4 Å². The molecule has 4 nitrogen and oxygen atoms in total. The van der Waals surface area contributed by atoms with E-state index in [-0.39, 0.29) is 6.61 Å². The third-order valence-corrected chi connectivity index (χ3v) is 3.39. The Kier molecular flexibility index (Phi) is 4.01. The smallest absolute Gasteiger partial charge is 0.0895 e. The molecule has 0 aliphatic rings. The molecule has 0 spiro atoms. The van der Waals surface area contributed by atoms with Crippen molar-refractivity contribution in [2.45, 2.75) is 19.6 Å². The maximum atomic E-state index is 9.30. The van der Waals surface area contributed by atoms with Gasteiger partial charge in [0.25, 0.3) is 0 Å². The van der Waals surface area contributed by atoms with Crippen LogP contribution in [0.1, 0.15) is 11.3 Å². The molecular formula is C14H20N2O2. The minimum atomic E-state index is -0.694. The summed E-state index contributed by atoms with van der Waals surface area (Å²) < 4.78 is 2.17. The van der Waals surface area contributed by atoms with Gasteiger partial charge >= 0.3 is 0 Å². The molecule has 3 N–H and O–H groups in total. The first-order valence-corrected chi connectivity index (χ1v) is 6.17. The van der Waals surface area contributed by atoms with Crippen molar-refractivity contribution in [1.82, 2.24) is 9.88 Å². The maximum absolute atomic E-state index is 9.30. The summed E-state index contributed by atoms with van der Waals surface area (Å²) >= 11 is 0. The molecule has 0 saturated heterocycles. The summed E-state index contributed by atoms with van der Waals surface area (Å²) in [7, 11) is 2.05. The van der Waals surface area contributed by atoms with Crippen LogP contribution in [0.5, 0.6) is 0 Å². The number of aliphatic hydroxyl groups excluding tert-OH is 2. The van der Waals surface area contributed by atoms with Gasteiger partial charge < -0.3 is 20.1 Å². The fourth-order valence-corrected chi connectivity index (χ4v) is 2.31. The van der Waals surface area contributed by atoms with Gasteiger partial charge in [0.15, 0.2) is 0 Å². The van der Waals surface area contributed by atoms with Gasteiger partial charge in [0.2, 0.25) is 0 Å². The molecule has 98 valence electrons. The molecule has 0 radical (unpaired) electrons. The molecule has 1 heterocycles. The van der Waals surface area contributed by atoms with Crippen LogP contribution in [0, 0.1) is 6.92 Å². The quantitative estimate of drug-likeness (QED) is 0.738.